The summed E-state index contributed by atoms with van der Waals surface area (Å²) in [6.07, 6.45) is 2.72. The molecule has 0 saturated heterocycles. The largest absolute Gasteiger partial charge is 0.343 e. The molecule has 4 aromatic rings. The Morgan fingerprint density at radius 1 is 1.17 bits per heavy atom. The first-order valence-electron chi connectivity index (χ1n) is 11.1. The lowest BCUT2D eigenvalue weighted by atomic mass is 10.1. The molecule has 0 radical (unpaired) electrons. The van der Waals surface area contributed by atoms with Crippen molar-refractivity contribution >= 4 is 38.1 Å². The van der Waals surface area contributed by atoms with Gasteiger partial charge in [-0.1, -0.05) is 41.9 Å². The average molecular weight is 525 g/mol. The van der Waals surface area contributed by atoms with Crippen molar-refractivity contribution in [2.45, 2.75) is 25.6 Å². The van der Waals surface area contributed by atoms with Crippen LogP contribution in [0.2, 0.25) is 5.02 Å². The second-order valence-corrected chi connectivity index (χ2v) is 11.3. The number of benzene rings is 2. The van der Waals surface area contributed by atoms with Crippen LogP contribution in [0.25, 0.3) is 22.0 Å². The predicted octanol–water partition coefficient (Wildman–Crippen LogP) is 3.99. The summed E-state index contributed by atoms with van der Waals surface area (Å²) in [5.74, 6) is -0.541. The van der Waals surface area contributed by atoms with E-state index in [-0.39, 0.29) is 17.0 Å². The molecule has 2 heterocycles. The van der Waals surface area contributed by atoms with E-state index in [2.05, 4.69) is 15.3 Å². The third-order valence-corrected chi connectivity index (χ3v) is 7.04. The van der Waals surface area contributed by atoms with E-state index in [1.165, 1.54) is 10.8 Å². The van der Waals surface area contributed by atoms with Gasteiger partial charge in [0.2, 0.25) is 0 Å². The number of carbonyl (C=O) groups is 1. The number of fused-ring (bicyclic) bond motifs is 1. The van der Waals surface area contributed by atoms with Crippen LogP contribution in [-0.4, -0.2) is 35.1 Å². The second kappa shape index (κ2) is 9.83. The fraction of sp³-hybridized carbons (Fsp3) is 0.231. The Kier molecular flexibility index (Phi) is 6.97. The molecule has 4 rings (SSSR count). The summed E-state index contributed by atoms with van der Waals surface area (Å²) in [6.45, 7) is 3.47. The summed E-state index contributed by atoms with van der Waals surface area (Å²) in [4.78, 5) is 35.0. The summed E-state index contributed by atoms with van der Waals surface area (Å²) in [7, 11) is -1.56. The first-order chi connectivity index (χ1) is 16.9. The van der Waals surface area contributed by atoms with Crippen molar-refractivity contribution in [1.29, 1.82) is 0 Å². The molecule has 0 spiro atoms. The summed E-state index contributed by atoms with van der Waals surface area (Å²) >= 11 is 6.23. The molecule has 2 aromatic carbocycles. The number of nitrogens with one attached hydrogen (secondary N) is 1. The minimum Gasteiger partial charge on any atom is -0.343 e. The van der Waals surface area contributed by atoms with Crippen LogP contribution in [0.5, 0.6) is 0 Å². The standard InChI is InChI=1S/C26H25ClN4O4S/c1-15(22-12-19-9-6-10-20(27)23(19)26(33)31(22)3)29-25(32)24-16(2)28-13-21(30-24)18-8-5-7-17(11-18)14-36(4,34)35/h5-13,15H,14H2,1-4H3,(H,29,32)/t15-/m0/s1. The molecule has 1 N–H and O–H groups in total. The van der Waals surface area contributed by atoms with Crippen LogP contribution in [0.3, 0.4) is 0 Å². The molecule has 1 atom stereocenters. The van der Waals surface area contributed by atoms with E-state index in [0.717, 1.165) is 0 Å². The average Bonchev–Trinajstić information content (AvgIpc) is 2.80. The first kappa shape index (κ1) is 25.5. The summed E-state index contributed by atoms with van der Waals surface area (Å²) < 4.78 is 24.8. The van der Waals surface area contributed by atoms with Crippen LogP contribution in [0.15, 0.2) is 59.5 Å². The third kappa shape index (κ3) is 5.32. The van der Waals surface area contributed by atoms with Gasteiger partial charge in [0, 0.05) is 24.6 Å². The Bertz CT molecular complexity index is 1660. The maximum Gasteiger partial charge on any atom is 0.272 e. The minimum atomic E-state index is -3.20. The number of carbonyl (C=O) groups excluding carboxylic acids is 1. The van der Waals surface area contributed by atoms with Crippen LogP contribution in [0, 0.1) is 6.92 Å². The van der Waals surface area contributed by atoms with Gasteiger partial charge in [-0.2, -0.15) is 0 Å². The number of hydrogen-bond donors (Lipinski definition) is 1. The molecular formula is C26H25ClN4O4S. The van der Waals surface area contributed by atoms with E-state index >= 15 is 0 Å². The van der Waals surface area contributed by atoms with Gasteiger partial charge in [0.05, 0.1) is 39.8 Å². The molecule has 0 saturated carbocycles. The van der Waals surface area contributed by atoms with Gasteiger partial charge < -0.3 is 9.88 Å². The molecule has 1 amide bonds. The normalized spacial score (nSPS) is 12.5. The quantitative estimate of drug-likeness (QED) is 0.408. The van der Waals surface area contributed by atoms with E-state index in [9.17, 15) is 18.0 Å². The molecule has 0 aliphatic heterocycles. The molecule has 0 aliphatic rings. The van der Waals surface area contributed by atoms with Crippen LogP contribution < -0.4 is 10.9 Å². The molecular weight excluding hydrogens is 500 g/mol. The van der Waals surface area contributed by atoms with Crippen molar-refractivity contribution < 1.29 is 13.2 Å². The SMILES string of the molecule is Cc1ncc(-c2cccc(CS(C)(=O)=O)c2)nc1C(=O)N[C@@H](C)c1cc2cccc(Cl)c2c(=O)n1C. The highest BCUT2D eigenvalue weighted by molar-refractivity contribution is 7.89. The molecule has 0 unspecified atom stereocenters. The van der Waals surface area contributed by atoms with Crippen molar-refractivity contribution in [3.63, 3.8) is 0 Å². The highest BCUT2D eigenvalue weighted by Gasteiger charge is 2.20. The zero-order chi connectivity index (χ0) is 26.2. The minimum absolute atomic E-state index is 0.0965. The molecule has 0 aliphatic carbocycles. The van der Waals surface area contributed by atoms with E-state index in [0.29, 0.717) is 44.0 Å². The zero-order valence-corrected chi connectivity index (χ0v) is 21.8. The van der Waals surface area contributed by atoms with Gasteiger partial charge in [0.1, 0.15) is 5.69 Å². The number of aryl methyl sites for hydroxylation is 1. The highest BCUT2D eigenvalue weighted by atomic mass is 35.5. The van der Waals surface area contributed by atoms with Crippen molar-refractivity contribution in [1.82, 2.24) is 19.9 Å². The van der Waals surface area contributed by atoms with Crippen LogP contribution in [0.1, 0.15) is 40.4 Å². The fourth-order valence-electron chi connectivity index (χ4n) is 4.11. The monoisotopic (exact) mass is 524 g/mol. The van der Waals surface area contributed by atoms with E-state index in [1.54, 1.807) is 69.6 Å². The van der Waals surface area contributed by atoms with Gasteiger partial charge in [-0.25, -0.2) is 13.4 Å². The van der Waals surface area contributed by atoms with Crippen LogP contribution in [-0.2, 0) is 22.6 Å². The van der Waals surface area contributed by atoms with Crippen molar-refractivity contribution in [2.75, 3.05) is 6.26 Å². The number of hydrogen-bond acceptors (Lipinski definition) is 6. The molecule has 0 fully saturated rings. The van der Waals surface area contributed by atoms with Gasteiger partial charge in [-0.3, -0.25) is 14.6 Å². The lowest BCUT2D eigenvalue weighted by molar-refractivity contribution is 0.0932. The van der Waals surface area contributed by atoms with Gasteiger partial charge in [-0.15, -0.1) is 0 Å². The maximum absolute atomic E-state index is 13.2. The van der Waals surface area contributed by atoms with Crippen LogP contribution in [0.4, 0.5) is 0 Å². The Balaban J connectivity index is 1.64. The van der Waals surface area contributed by atoms with Crippen molar-refractivity contribution in [3.05, 3.63) is 92.7 Å². The van der Waals surface area contributed by atoms with E-state index < -0.39 is 21.8 Å². The lowest BCUT2D eigenvalue weighted by Crippen LogP contribution is -2.32. The Morgan fingerprint density at radius 2 is 1.89 bits per heavy atom. The molecule has 36 heavy (non-hydrogen) atoms. The highest BCUT2D eigenvalue weighted by Crippen LogP contribution is 2.24. The van der Waals surface area contributed by atoms with E-state index in [1.807, 2.05) is 6.07 Å². The maximum atomic E-state index is 13.2. The number of aromatic nitrogens is 3. The lowest BCUT2D eigenvalue weighted by Gasteiger charge is -2.19. The molecule has 8 nitrogen and oxygen atoms in total. The van der Waals surface area contributed by atoms with Gasteiger partial charge >= 0.3 is 0 Å². The topological polar surface area (TPSA) is 111 Å². The number of amides is 1. The Hall–Kier alpha value is -3.56. The Morgan fingerprint density at radius 3 is 2.61 bits per heavy atom. The van der Waals surface area contributed by atoms with Crippen LogP contribution >= 0.6 is 11.6 Å². The van der Waals surface area contributed by atoms with Crippen molar-refractivity contribution in [3.8, 4) is 11.3 Å². The fourth-order valence-corrected chi connectivity index (χ4v) is 5.16. The number of rotatable bonds is 6. The Labute approximate surface area is 213 Å². The molecule has 0 bridgehead atoms. The number of nitrogens with zero attached hydrogens (tertiary/aromatic N) is 3. The second-order valence-electron chi connectivity index (χ2n) is 8.79. The molecule has 2 aromatic heterocycles. The zero-order valence-electron chi connectivity index (χ0n) is 20.2. The molecule has 186 valence electrons. The van der Waals surface area contributed by atoms with Gasteiger partial charge in [0.15, 0.2) is 9.84 Å². The third-order valence-electron chi connectivity index (χ3n) is 5.87. The summed E-state index contributed by atoms with van der Waals surface area (Å²) in [5, 5.41) is 4.40. The smallest absolute Gasteiger partial charge is 0.272 e. The molecule has 10 heteroatoms. The number of pyridine rings is 1. The number of sulfone groups is 1. The van der Waals surface area contributed by atoms with Crippen molar-refractivity contribution in [2.24, 2.45) is 7.05 Å². The van der Waals surface area contributed by atoms with Gasteiger partial charge in [-0.05, 0) is 43.0 Å². The first-order valence-corrected chi connectivity index (χ1v) is 13.6. The summed E-state index contributed by atoms with van der Waals surface area (Å²) in [5.41, 5.74) is 2.66. The van der Waals surface area contributed by atoms with Gasteiger partial charge in [0.25, 0.3) is 11.5 Å². The van der Waals surface area contributed by atoms with E-state index in [4.69, 9.17) is 11.6 Å². The number of halogens is 1. The predicted molar refractivity (Wildman–Crippen MR) is 141 cm³/mol. The summed E-state index contributed by atoms with van der Waals surface area (Å²) in [6, 6.07) is 13.5.